The molecule has 1 aliphatic rings. The fourth-order valence-electron chi connectivity index (χ4n) is 2.36. The van der Waals surface area contributed by atoms with Gasteiger partial charge in [0.15, 0.2) is 0 Å². The lowest BCUT2D eigenvalue weighted by Gasteiger charge is -2.16. The van der Waals surface area contributed by atoms with Crippen LogP contribution in [0.5, 0.6) is 0 Å². The number of carbonyl (C=O) groups is 1. The number of hydrogen-bond donors (Lipinski definition) is 2. The van der Waals surface area contributed by atoms with Crippen LogP contribution in [0, 0.1) is 5.92 Å². The quantitative estimate of drug-likeness (QED) is 0.844. The first-order valence-corrected chi connectivity index (χ1v) is 7.61. The van der Waals surface area contributed by atoms with Crippen molar-refractivity contribution in [3.05, 3.63) is 35.4 Å². The number of ether oxygens (including phenoxy) is 1. The largest absolute Gasteiger partial charge is 0.390 e. The predicted molar refractivity (Wildman–Crippen MR) is 82.3 cm³/mol. The summed E-state index contributed by atoms with van der Waals surface area (Å²) in [6.07, 6.45) is 2.54. The smallest absolute Gasteiger partial charge is 0.251 e. The summed E-state index contributed by atoms with van der Waals surface area (Å²) in [5.41, 5.74) is 1.16. The van der Waals surface area contributed by atoms with Crippen LogP contribution in [0.3, 0.4) is 0 Å². The van der Waals surface area contributed by atoms with E-state index in [2.05, 4.69) is 5.32 Å². The fourth-order valence-corrected chi connectivity index (χ4v) is 2.36. The van der Waals surface area contributed by atoms with E-state index in [9.17, 15) is 9.90 Å². The third kappa shape index (κ3) is 5.48. The minimum absolute atomic E-state index is 0.0315. The number of rotatable bonds is 6. The molecule has 1 aliphatic heterocycles. The maximum atomic E-state index is 12.0. The van der Waals surface area contributed by atoms with E-state index in [-0.39, 0.29) is 5.91 Å². The van der Waals surface area contributed by atoms with Crippen LogP contribution in [0.15, 0.2) is 24.3 Å². The number of nitrogens with one attached hydrogen (secondary N) is 1. The third-order valence-electron chi connectivity index (χ3n) is 3.82. The van der Waals surface area contributed by atoms with Crippen LogP contribution < -0.4 is 5.32 Å². The summed E-state index contributed by atoms with van der Waals surface area (Å²) in [6, 6.07) is 7.61. The van der Waals surface area contributed by atoms with E-state index >= 15 is 0 Å². The fraction of sp³-hybridized carbons (Fsp3) is 0.588. The SMILES string of the molecule is CC(C)(O)CCc1ccc(C(=O)NC[C@@H]2CCOC2)cc1. The Bertz CT molecular complexity index is 456. The van der Waals surface area contributed by atoms with Gasteiger partial charge in [0.1, 0.15) is 0 Å². The van der Waals surface area contributed by atoms with Crippen molar-refractivity contribution in [3.63, 3.8) is 0 Å². The summed E-state index contributed by atoms with van der Waals surface area (Å²) in [4.78, 5) is 12.0. The molecule has 1 amide bonds. The molecular formula is C17H25NO3. The van der Waals surface area contributed by atoms with Gasteiger partial charge in [-0.2, -0.15) is 0 Å². The van der Waals surface area contributed by atoms with E-state index in [0.29, 0.717) is 24.4 Å². The van der Waals surface area contributed by atoms with Crippen molar-refractivity contribution >= 4 is 5.91 Å². The summed E-state index contributed by atoms with van der Waals surface area (Å²) in [7, 11) is 0. The Hall–Kier alpha value is -1.39. The lowest BCUT2D eigenvalue weighted by atomic mass is 9.98. The number of aryl methyl sites for hydroxylation is 1. The molecule has 2 rings (SSSR count). The molecule has 21 heavy (non-hydrogen) atoms. The molecule has 0 spiro atoms. The maximum absolute atomic E-state index is 12.0. The Morgan fingerprint density at radius 1 is 1.38 bits per heavy atom. The van der Waals surface area contributed by atoms with Gasteiger partial charge in [0, 0.05) is 24.6 Å². The lowest BCUT2D eigenvalue weighted by Crippen LogP contribution is -2.29. The zero-order chi connectivity index (χ0) is 15.3. The van der Waals surface area contributed by atoms with Crippen molar-refractivity contribution in [1.82, 2.24) is 5.32 Å². The highest BCUT2D eigenvalue weighted by atomic mass is 16.5. The third-order valence-corrected chi connectivity index (χ3v) is 3.82. The Balaban J connectivity index is 1.81. The molecule has 0 saturated carbocycles. The van der Waals surface area contributed by atoms with E-state index in [1.807, 2.05) is 38.1 Å². The molecule has 0 radical (unpaired) electrons. The van der Waals surface area contributed by atoms with Gasteiger partial charge in [-0.1, -0.05) is 12.1 Å². The lowest BCUT2D eigenvalue weighted by molar-refractivity contribution is 0.0713. The predicted octanol–water partition coefficient (Wildman–Crippen LogP) is 2.16. The van der Waals surface area contributed by atoms with Crippen LogP contribution in [0.4, 0.5) is 0 Å². The Morgan fingerprint density at radius 3 is 2.67 bits per heavy atom. The second-order valence-corrected chi connectivity index (χ2v) is 6.45. The summed E-state index contributed by atoms with van der Waals surface area (Å²) in [5.74, 6) is 0.413. The molecule has 4 nitrogen and oxygen atoms in total. The van der Waals surface area contributed by atoms with Gasteiger partial charge in [-0.05, 0) is 50.8 Å². The summed E-state index contributed by atoms with van der Waals surface area (Å²) < 4.78 is 5.29. The second-order valence-electron chi connectivity index (χ2n) is 6.45. The number of aliphatic hydroxyl groups is 1. The molecule has 116 valence electrons. The van der Waals surface area contributed by atoms with Crippen molar-refractivity contribution in [2.45, 2.75) is 38.7 Å². The number of hydrogen-bond acceptors (Lipinski definition) is 3. The maximum Gasteiger partial charge on any atom is 0.251 e. The van der Waals surface area contributed by atoms with Gasteiger partial charge >= 0.3 is 0 Å². The number of benzene rings is 1. The van der Waals surface area contributed by atoms with E-state index in [4.69, 9.17) is 4.74 Å². The van der Waals surface area contributed by atoms with Gasteiger partial charge in [-0.15, -0.1) is 0 Å². The van der Waals surface area contributed by atoms with Crippen LogP contribution in [0.2, 0.25) is 0 Å². The van der Waals surface area contributed by atoms with Gasteiger partial charge in [0.25, 0.3) is 5.91 Å². The van der Waals surface area contributed by atoms with Crippen molar-refractivity contribution < 1.29 is 14.6 Å². The van der Waals surface area contributed by atoms with Crippen LogP contribution in [0.25, 0.3) is 0 Å². The first kappa shape index (κ1) is 16.0. The molecule has 0 bridgehead atoms. The molecule has 2 N–H and O–H groups in total. The monoisotopic (exact) mass is 291 g/mol. The number of amides is 1. The number of carbonyl (C=O) groups excluding carboxylic acids is 1. The zero-order valence-electron chi connectivity index (χ0n) is 12.9. The normalized spacial score (nSPS) is 18.7. The standard InChI is InChI=1S/C17H25NO3/c1-17(2,20)9-7-13-3-5-15(6-4-13)16(19)18-11-14-8-10-21-12-14/h3-6,14,20H,7-12H2,1-2H3,(H,18,19)/t14-/m0/s1. The van der Waals surface area contributed by atoms with Gasteiger partial charge in [-0.3, -0.25) is 4.79 Å². The second kappa shape index (κ2) is 7.05. The molecule has 1 aromatic carbocycles. The first-order chi connectivity index (χ1) is 9.94. The molecule has 1 atom stereocenters. The average Bonchev–Trinajstić information content (AvgIpc) is 2.95. The van der Waals surface area contributed by atoms with Crippen LogP contribution in [0.1, 0.15) is 42.6 Å². The average molecular weight is 291 g/mol. The summed E-state index contributed by atoms with van der Waals surface area (Å²) in [6.45, 7) is 5.84. The zero-order valence-corrected chi connectivity index (χ0v) is 12.9. The van der Waals surface area contributed by atoms with Crippen LogP contribution in [-0.4, -0.2) is 36.4 Å². The Kier molecular flexibility index (Phi) is 5.37. The highest BCUT2D eigenvalue weighted by Crippen LogP contribution is 2.14. The molecule has 1 aromatic rings. The topological polar surface area (TPSA) is 58.6 Å². The molecule has 1 saturated heterocycles. The van der Waals surface area contributed by atoms with Gasteiger partial charge < -0.3 is 15.2 Å². The van der Waals surface area contributed by atoms with E-state index < -0.39 is 5.60 Å². The van der Waals surface area contributed by atoms with Crippen molar-refractivity contribution in [3.8, 4) is 0 Å². The van der Waals surface area contributed by atoms with Gasteiger partial charge in [0.05, 0.1) is 12.2 Å². The Labute approximate surface area is 126 Å². The molecular weight excluding hydrogens is 266 g/mol. The van der Waals surface area contributed by atoms with E-state index in [0.717, 1.165) is 31.6 Å². The van der Waals surface area contributed by atoms with Crippen molar-refractivity contribution in [2.75, 3.05) is 19.8 Å². The van der Waals surface area contributed by atoms with E-state index in [1.165, 1.54) is 0 Å². The summed E-state index contributed by atoms with van der Waals surface area (Å²) >= 11 is 0. The highest BCUT2D eigenvalue weighted by molar-refractivity contribution is 5.94. The minimum atomic E-state index is -0.653. The van der Waals surface area contributed by atoms with Crippen LogP contribution in [-0.2, 0) is 11.2 Å². The molecule has 1 heterocycles. The molecule has 4 heteroatoms. The minimum Gasteiger partial charge on any atom is -0.390 e. The molecule has 1 fully saturated rings. The molecule has 0 unspecified atom stereocenters. The van der Waals surface area contributed by atoms with Crippen molar-refractivity contribution in [2.24, 2.45) is 5.92 Å². The van der Waals surface area contributed by atoms with Crippen LogP contribution >= 0.6 is 0 Å². The molecule has 0 aliphatic carbocycles. The van der Waals surface area contributed by atoms with Gasteiger partial charge in [-0.25, -0.2) is 0 Å². The first-order valence-electron chi connectivity index (χ1n) is 7.61. The van der Waals surface area contributed by atoms with Gasteiger partial charge in [0.2, 0.25) is 0 Å². The Morgan fingerprint density at radius 2 is 2.10 bits per heavy atom. The highest BCUT2D eigenvalue weighted by Gasteiger charge is 2.17. The van der Waals surface area contributed by atoms with E-state index in [1.54, 1.807) is 0 Å². The molecule has 0 aromatic heterocycles. The summed E-state index contributed by atoms with van der Waals surface area (Å²) in [5, 5.41) is 12.7. The van der Waals surface area contributed by atoms with Crippen molar-refractivity contribution in [1.29, 1.82) is 0 Å².